The zero-order valence-corrected chi connectivity index (χ0v) is 14.1. The van der Waals surface area contributed by atoms with E-state index >= 15 is 0 Å². The summed E-state index contributed by atoms with van der Waals surface area (Å²) in [4.78, 5) is 4.59. The van der Waals surface area contributed by atoms with Gasteiger partial charge in [-0.15, -0.1) is 11.3 Å². The lowest BCUT2D eigenvalue weighted by atomic mass is 10.1. The second-order valence-corrected chi connectivity index (χ2v) is 8.29. The van der Waals surface area contributed by atoms with Gasteiger partial charge < -0.3 is 5.11 Å². The van der Waals surface area contributed by atoms with Gasteiger partial charge in [0.15, 0.2) is 0 Å². The van der Waals surface area contributed by atoms with Crippen LogP contribution in [0, 0.1) is 0 Å². The van der Waals surface area contributed by atoms with Gasteiger partial charge in [0, 0.05) is 28.5 Å². The minimum Gasteiger partial charge on any atom is -0.383 e. The molecule has 1 atom stereocenters. The molecule has 7 heteroatoms. The van der Waals surface area contributed by atoms with Crippen LogP contribution < -0.4 is 4.72 Å². The molecule has 23 heavy (non-hydrogen) atoms. The highest BCUT2D eigenvalue weighted by Gasteiger charge is 2.28. The van der Waals surface area contributed by atoms with Crippen LogP contribution in [-0.2, 0) is 15.6 Å². The van der Waals surface area contributed by atoms with Crippen molar-refractivity contribution in [1.82, 2.24) is 9.71 Å². The number of nitrogens with zero attached hydrogens (tertiary/aromatic N) is 1. The van der Waals surface area contributed by atoms with Gasteiger partial charge in [-0.2, -0.15) is 0 Å². The SMILES string of the molecule is C[C@](O)(CNS(=O)(=O)c1cccnc1)c1cc2ccccc2s1. The van der Waals surface area contributed by atoms with E-state index in [2.05, 4.69) is 9.71 Å². The monoisotopic (exact) mass is 348 g/mol. The van der Waals surface area contributed by atoms with E-state index in [0.717, 1.165) is 10.1 Å². The molecule has 1 aromatic carbocycles. The third-order valence-corrected chi connectivity index (χ3v) is 6.26. The maximum absolute atomic E-state index is 12.2. The van der Waals surface area contributed by atoms with Crippen LogP contribution in [0.5, 0.6) is 0 Å². The van der Waals surface area contributed by atoms with Gasteiger partial charge in [-0.05, 0) is 36.6 Å². The first kappa shape index (κ1) is 16.1. The standard InChI is InChI=1S/C16H16N2O3S2/c1-16(19,15-9-12-5-2-3-7-14(12)22-15)11-18-23(20,21)13-6-4-8-17-10-13/h2-10,18-19H,11H2,1H3/t16-/m0/s1. The number of nitrogens with one attached hydrogen (secondary N) is 1. The van der Waals surface area contributed by atoms with E-state index in [4.69, 9.17) is 0 Å². The molecule has 2 heterocycles. The Morgan fingerprint density at radius 3 is 2.74 bits per heavy atom. The molecule has 0 radical (unpaired) electrons. The van der Waals surface area contributed by atoms with Crippen LogP contribution in [-0.4, -0.2) is 25.1 Å². The number of fused-ring (bicyclic) bond motifs is 1. The number of hydrogen-bond donors (Lipinski definition) is 2. The lowest BCUT2D eigenvalue weighted by Crippen LogP contribution is -2.38. The van der Waals surface area contributed by atoms with E-state index in [0.29, 0.717) is 4.88 Å². The van der Waals surface area contributed by atoms with Crippen molar-refractivity contribution in [3.63, 3.8) is 0 Å². The van der Waals surface area contributed by atoms with Crippen LogP contribution >= 0.6 is 11.3 Å². The molecule has 2 aromatic heterocycles. The number of aliphatic hydroxyl groups is 1. The molecular formula is C16H16N2O3S2. The highest BCUT2D eigenvalue weighted by molar-refractivity contribution is 7.89. The number of sulfonamides is 1. The summed E-state index contributed by atoms with van der Waals surface area (Å²) in [6.07, 6.45) is 2.78. The summed E-state index contributed by atoms with van der Waals surface area (Å²) in [5.74, 6) is 0. The van der Waals surface area contributed by atoms with E-state index in [1.807, 2.05) is 30.3 Å². The zero-order valence-electron chi connectivity index (χ0n) is 12.4. The summed E-state index contributed by atoms with van der Waals surface area (Å²) < 4.78 is 27.9. The molecule has 0 saturated heterocycles. The predicted molar refractivity (Wildman–Crippen MR) is 90.8 cm³/mol. The molecule has 0 aliphatic heterocycles. The summed E-state index contributed by atoms with van der Waals surface area (Å²) in [5, 5.41) is 11.7. The van der Waals surface area contributed by atoms with E-state index < -0.39 is 15.6 Å². The number of pyridine rings is 1. The molecule has 0 aliphatic rings. The Hall–Kier alpha value is -1.80. The molecule has 3 aromatic rings. The molecule has 0 aliphatic carbocycles. The molecule has 0 unspecified atom stereocenters. The second kappa shape index (κ2) is 6.01. The topological polar surface area (TPSA) is 79.3 Å². The highest BCUT2D eigenvalue weighted by atomic mass is 32.2. The van der Waals surface area contributed by atoms with E-state index in [1.165, 1.54) is 29.8 Å². The summed E-state index contributed by atoms with van der Waals surface area (Å²) >= 11 is 1.45. The van der Waals surface area contributed by atoms with Crippen molar-refractivity contribution in [3.8, 4) is 0 Å². The summed E-state index contributed by atoms with van der Waals surface area (Å²) in [7, 11) is -3.70. The van der Waals surface area contributed by atoms with Crippen LogP contribution in [0.1, 0.15) is 11.8 Å². The van der Waals surface area contributed by atoms with Crippen molar-refractivity contribution < 1.29 is 13.5 Å². The first-order valence-electron chi connectivity index (χ1n) is 7.00. The van der Waals surface area contributed by atoms with Crippen LogP contribution in [0.2, 0.25) is 0 Å². The third-order valence-electron chi connectivity index (χ3n) is 3.51. The van der Waals surface area contributed by atoms with Gasteiger partial charge in [-0.25, -0.2) is 13.1 Å². The maximum Gasteiger partial charge on any atom is 0.242 e. The van der Waals surface area contributed by atoms with Gasteiger partial charge in [0.2, 0.25) is 10.0 Å². The number of hydrogen-bond acceptors (Lipinski definition) is 5. The van der Waals surface area contributed by atoms with Crippen molar-refractivity contribution in [1.29, 1.82) is 0 Å². The van der Waals surface area contributed by atoms with Crippen molar-refractivity contribution in [2.45, 2.75) is 17.4 Å². The van der Waals surface area contributed by atoms with E-state index in [1.54, 1.807) is 13.0 Å². The molecule has 0 amide bonds. The normalized spacial score (nSPS) is 14.7. The van der Waals surface area contributed by atoms with E-state index in [9.17, 15) is 13.5 Å². The van der Waals surface area contributed by atoms with Gasteiger partial charge in [-0.1, -0.05) is 18.2 Å². The quantitative estimate of drug-likeness (QED) is 0.742. The number of benzene rings is 1. The van der Waals surface area contributed by atoms with Crippen molar-refractivity contribution in [3.05, 3.63) is 59.7 Å². The first-order valence-corrected chi connectivity index (χ1v) is 9.30. The molecular weight excluding hydrogens is 332 g/mol. The summed E-state index contributed by atoms with van der Waals surface area (Å²) in [5.41, 5.74) is -1.29. The Bertz CT molecular complexity index is 886. The maximum atomic E-state index is 12.2. The van der Waals surface area contributed by atoms with Crippen molar-refractivity contribution in [2.24, 2.45) is 0 Å². The first-order chi connectivity index (χ1) is 10.9. The van der Waals surface area contributed by atoms with Gasteiger partial charge in [-0.3, -0.25) is 4.98 Å². The van der Waals surface area contributed by atoms with Crippen LogP contribution in [0.25, 0.3) is 10.1 Å². The third kappa shape index (κ3) is 3.42. The molecule has 0 saturated carbocycles. The zero-order chi connectivity index (χ0) is 16.5. The van der Waals surface area contributed by atoms with Gasteiger partial charge >= 0.3 is 0 Å². The predicted octanol–water partition coefficient (Wildman–Crippen LogP) is 2.48. The van der Waals surface area contributed by atoms with E-state index in [-0.39, 0.29) is 11.4 Å². The van der Waals surface area contributed by atoms with Crippen molar-refractivity contribution in [2.75, 3.05) is 6.54 Å². The van der Waals surface area contributed by atoms with Crippen LogP contribution in [0.4, 0.5) is 0 Å². The second-order valence-electron chi connectivity index (χ2n) is 5.44. The average Bonchev–Trinajstić information content (AvgIpc) is 2.99. The Labute approximate surface area is 138 Å². The summed E-state index contributed by atoms with van der Waals surface area (Å²) in [6, 6.07) is 12.7. The van der Waals surface area contributed by atoms with Gasteiger partial charge in [0.1, 0.15) is 10.5 Å². The minimum atomic E-state index is -3.70. The number of thiophene rings is 1. The van der Waals surface area contributed by atoms with Crippen molar-refractivity contribution >= 4 is 31.4 Å². The average molecular weight is 348 g/mol. The Morgan fingerprint density at radius 2 is 2.04 bits per heavy atom. The fraction of sp³-hybridized carbons (Fsp3) is 0.188. The molecule has 120 valence electrons. The fourth-order valence-corrected chi connectivity index (χ4v) is 4.36. The Balaban J connectivity index is 1.81. The smallest absolute Gasteiger partial charge is 0.242 e. The van der Waals surface area contributed by atoms with Crippen LogP contribution in [0.15, 0.2) is 59.8 Å². The molecule has 5 nitrogen and oxygen atoms in total. The minimum absolute atomic E-state index is 0.0761. The van der Waals surface area contributed by atoms with Gasteiger partial charge in [0.05, 0.1) is 0 Å². The molecule has 0 bridgehead atoms. The lowest BCUT2D eigenvalue weighted by Gasteiger charge is -2.22. The lowest BCUT2D eigenvalue weighted by molar-refractivity contribution is 0.0666. The summed E-state index contributed by atoms with van der Waals surface area (Å²) in [6.45, 7) is 1.49. The van der Waals surface area contributed by atoms with Crippen LogP contribution in [0.3, 0.4) is 0 Å². The molecule has 2 N–H and O–H groups in total. The largest absolute Gasteiger partial charge is 0.383 e. The highest BCUT2D eigenvalue weighted by Crippen LogP contribution is 2.33. The number of rotatable bonds is 5. The number of aromatic nitrogens is 1. The molecule has 0 fully saturated rings. The molecule has 3 rings (SSSR count). The Morgan fingerprint density at radius 1 is 1.26 bits per heavy atom. The van der Waals surface area contributed by atoms with Gasteiger partial charge in [0.25, 0.3) is 0 Å². The molecule has 0 spiro atoms. The fourth-order valence-electron chi connectivity index (χ4n) is 2.16. The Kier molecular flexibility index (Phi) is 4.20.